The molecule has 0 unspecified atom stereocenters. The number of ether oxygens (including phenoxy) is 2. The van der Waals surface area contributed by atoms with Gasteiger partial charge in [0.2, 0.25) is 0 Å². The summed E-state index contributed by atoms with van der Waals surface area (Å²) in [4.78, 5) is 30.3. The van der Waals surface area contributed by atoms with E-state index in [0.717, 1.165) is 4.90 Å². The zero-order chi connectivity index (χ0) is 21.3. The highest BCUT2D eigenvalue weighted by Gasteiger charge is 2.16. The van der Waals surface area contributed by atoms with Crippen molar-refractivity contribution in [2.45, 2.75) is 16.8 Å². The maximum atomic E-state index is 12.6. The molecule has 7 nitrogen and oxygen atoms in total. The van der Waals surface area contributed by atoms with Crippen LogP contribution in [-0.2, 0) is 0 Å². The third kappa shape index (κ3) is 5.30. The average Bonchev–Trinajstić information content (AvgIpc) is 2.78. The Labute approximate surface area is 178 Å². The van der Waals surface area contributed by atoms with E-state index >= 15 is 0 Å². The number of nitrogens with zero attached hydrogens (tertiary/aromatic N) is 1. The monoisotopic (exact) mass is 423 g/mol. The van der Waals surface area contributed by atoms with Gasteiger partial charge < -0.3 is 9.47 Å². The molecule has 0 saturated heterocycles. The lowest BCUT2D eigenvalue weighted by molar-refractivity contribution is 0.0844. The summed E-state index contributed by atoms with van der Waals surface area (Å²) in [5.41, 5.74) is 5.53. The SMILES string of the molecule is CCOc1ccc(C(=O)NNC(=O)c2cccnc2Sc2ccccc2)cc1OC. The van der Waals surface area contributed by atoms with Gasteiger partial charge in [0.05, 0.1) is 19.3 Å². The van der Waals surface area contributed by atoms with Crippen molar-refractivity contribution in [2.75, 3.05) is 13.7 Å². The Morgan fingerprint density at radius 2 is 1.73 bits per heavy atom. The van der Waals surface area contributed by atoms with Crippen LogP contribution >= 0.6 is 11.8 Å². The van der Waals surface area contributed by atoms with Crippen molar-refractivity contribution in [3.63, 3.8) is 0 Å². The molecule has 2 amide bonds. The van der Waals surface area contributed by atoms with Crippen LogP contribution in [0.15, 0.2) is 76.8 Å². The molecule has 1 heterocycles. The lowest BCUT2D eigenvalue weighted by Crippen LogP contribution is -2.41. The number of pyridine rings is 1. The molecule has 154 valence electrons. The molecular formula is C22H21N3O4S. The number of aromatic nitrogens is 1. The number of hydrogen-bond donors (Lipinski definition) is 2. The van der Waals surface area contributed by atoms with Crippen molar-refractivity contribution in [1.29, 1.82) is 0 Å². The van der Waals surface area contributed by atoms with Crippen LogP contribution in [0.4, 0.5) is 0 Å². The van der Waals surface area contributed by atoms with Gasteiger partial charge in [0.25, 0.3) is 11.8 Å². The van der Waals surface area contributed by atoms with Gasteiger partial charge in [-0.2, -0.15) is 0 Å². The molecule has 0 aliphatic rings. The zero-order valence-corrected chi connectivity index (χ0v) is 17.4. The van der Waals surface area contributed by atoms with Gasteiger partial charge in [0.15, 0.2) is 11.5 Å². The predicted molar refractivity (Wildman–Crippen MR) is 114 cm³/mol. The van der Waals surface area contributed by atoms with Gasteiger partial charge in [-0.25, -0.2) is 4.98 Å². The molecule has 0 atom stereocenters. The second kappa shape index (κ2) is 10.3. The fourth-order valence-corrected chi connectivity index (χ4v) is 3.48. The molecule has 3 rings (SSSR count). The Morgan fingerprint density at radius 1 is 0.967 bits per heavy atom. The number of hydrazine groups is 1. The summed E-state index contributed by atoms with van der Waals surface area (Å²) >= 11 is 1.37. The molecule has 0 spiro atoms. The second-order valence-corrected chi connectivity index (χ2v) is 7.04. The van der Waals surface area contributed by atoms with Gasteiger partial charge in [0, 0.05) is 16.7 Å². The van der Waals surface area contributed by atoms with E-state index in [1.807, 2.05) is 37.3 Å². The molecule has 2 aromatic carbocycles. The number of carbonyl (C=O) groups excluding carboxylic acids is 2. The third-order valence-electron chi connectivity index (χ3n) is 3.99. The molecule has 1 aromatic heterocycles. The van der Waals surface area contributed by atoms with Crippen LogP contribution in [0, 0.1) is 0 Å². The number of methoxy groups -OCH3 is 1. The smallest absolute Gasteiger partial charge is 0.272 e. The first-order valence-electron chi connectivity index (χ1n) is 9.21. The Bertz CT molecular complexity index is 1030. The van der Waals surface area contributed by atoms with Crippen LogP contribution in [0.2, 0.25) is 0 Å². The molecule has 0 radical (unpaired) electrons. The van der Waals surface area contributed by atoms with Crippen LogP contribution in [0.25, 0.3) is 0 Å². The zero-order valence-electron chi connectivity index (χ0n) is 16.5. The molecule has 3 aromatic rings. The summed E-state index contributed by atoms with van der Waals surface area (Å²) < 4.78 is 10.7. The first kappa shape index (κ1) is 21.2. The van der Waals surface area contributed by atoms with Gasteiger partial charge >= 0.3 is 0 Å². The molecule has 0 aliphatic carbocycles. The van der Waals surface area contributed by atoms with E-state index in [0.29, 0.717) is 34.3 Å². The van der Waals surface area contributed by atoms with Crippen LogP contribution in [0.5, 0.6) is 11.5 Å². The minimum atomic E-state index is -0.481. The summed E-state index contributed by atoms with van der Waals surface area (Å²) in [7, 11) is 1.50. The highest BCUT2D eigenvalue weighted by Crippen LogP contribution is 2.29. The van der Waals surface area contributed by atoms with Gasteiger partial charge in [-0.05, 0) is 49.4 Å². The number of benzene rings is 2. The van der Waals surface area contributed by atoms with Crippen molar-refractivity contribution >= 4 is 23.6 Å². The van der Waals surface area contributed by atoms with Crippen molar-refractivity contribution < 1.29 is 19.1 Å². The highest BCUT2D eigenvalue weighted by atomic mass is 32.2. The number of amides is 2. The van der Waals surface area contributed by atoms with E-state index in [1.165, 1.54) is 18.9 Å². The Kier molecular flexibility index (Phi) is 7.29. The van der Waals surface area contributed by atoms with E-state index < -0.39 is 11.8 Å². The lowest BCUT2D eigenvalue weighted by Gasteiger charge is -2.12. The van der Waals surface area contributed by atoms with Crippen LogP contribution < -0.4 is 20.3 Å². The summed E-state index contributed by atoms with van der Waals surface area (Å²) in [6.07, 6.45) is 1.62. The minimum Gasteiger partial charge on any atom is -0.493 e. The number of nitrogens with one attached hydrogen (secondary N) is 2. The molecule has 2 N–H and O–H groups in total. The second-order valence-electron chi connectivity index (χ2n) is 5.98. The fraction of sp³-hybridized carbons (Fsp3) is 0.136. The Balaban J connectivity index is 1.68. The van der Waals surface area contributed by atoms with Crippen LogP contribution in [0.1, 0.15) is 27.6 Å². The van der Waals surface area contributed by atoms with Gasteiger partial charge in [-0.15, -0.1) is 0 Å². The van der Waals surface area contributed by atoms with Crippen molar-refractivity contribution in [3.05, 3.63) is 78.0 Å². The van der Waals surface area contributed by atoms with Gasteiger partial charge in [-0.3, -0.25) is 20.4 Å². The first-order valence-corrected chi connectivity index (χ1v) is 10.0. The van der Waals surface area contributed by atoms with E-state index in [4.69, 9.17) is 9.47 Å². The lowest BCUT2D eigenvalue weighted by atomic mass is 10.2. The van der Waals surface area contributed by atoms with Crippen LogP contribution in [0.3, 0.4) is 0 Å². The van der Waals surface area contributed by atoms with Gasteiger partial charge in [-0.1, -0.05) is 30.0 Å². The first-order chi connectivity index (χ1) is 14.6. The maximum absolute atomic E-state index is 12.6. The molecule has 0 bridgehead atoms. The van der Waals surface area contributed by atoms with Gasteiger partial charge in [0.1, 0.15) is 5.03 Å². The molecule has 8 heteroatoms. The molecular weight excluding hydrogens is 402 g/mol. The molecule has 0 aliphatic heterocycles. The average molecular weight is 423 g/mol. The number of hydrogen-bond acceptors (Lipinski definition) is 6. The summed E-state index contributed by atoms with van der Waals surface area (Å²) in [5.74, 6) is 0.0294. The quantitative estimate of drug-likeness (QED) is 0.563. The Morgan fingerprint density at radius 3 is 2.47 bits per heavy atom. The van der Waals surface area contributed by atoms with Crippen molar-refractivity contribution in [3.8, 4) is 11.5 Å². The van der Waals surface area contributed by atoms with Crippen molar-refractivity contribution in [1.82, 2.24) is 15.8 Å². The predicted octanol–water partition coefficient (Wildman–Crippen LogP) is 3.71. The van der Waals surface area contributed by atoms with Crippen molar-refractivity contribution in [2.24, 2.45) is 0 Å². The summed E-state index contributed by atoms with van der Waals surface area (Å²) in [5, 5.41) is 0.540. The molecule has 0 saturated carbocycles. The number of rotatable bonds is 7. The topological polar surface area (TPSA) is 89.6 Å². The summed E-state index contributed by atoms with van der Waals surface area (Å²) in [6.45, 7) is 2.34. The fourth-order valence-electron chi connectivity index (χ4n) is 2.58. The molecule has 0 fully saturated rings. The van der Waals surface area contributed by atoms with Crippen LogP contribution in [-0.4, -0.2) is 30.5 Å². The van der Waals surface area contributed by atoms with E-state index in [1.54, 1.807) is 36.5 Å². The Hall–Kier alpha value is -3.52. The third-order valence-corrected chi connectivity index (χ3v) is 5.02. The largest absolute Gasteiger partial charge is 0.493 e. The normalized spacial score (nSPS) is 10.2. The van der Waals surface area contributed by atoms with E-state index in [9.17, 15) is 9.59 Å². The molecule has 30 heavy (non-hydrogen) atoms. The number of carbonyl (C=O) groups is 2. The maximum Gasteiger partial charge on any atom is 0.272 e. The summed E-state index contributed by atoms with van der Waals surface area (Å²) in [6, 6.07) is 17.7. The minimum absolute atomic E-state index is 0.320. The highest BCUT2D eigenvalue weighted by molar-refractivity contribution is 7.99. The van der Waals surface area contributed by atoms with E-state index in [-0.39, 0.29) is 0 Å². The standard InChI is InChI=1S/C22H21N3O4S/c1-3-29-18-12-11-15(14-19(18)28-2)20(26)24-25-21(27)17-10-7-13-23-22(17)30-16-8-5-4-6-9-16/h4-14H,3H2,1-2H3,(H,24,26)(H,25,27). The van der Waals surface area contributed by atoms with E-state index in [2.05, 4.69) is 15.8 Å².